The van der Waals surface area contributed by atoms with Crippen molar-refractivity contribution in [2.45, 2.75) is 5.41 Å². The Bertz CT molecular complexity index is 2520. The minimum atomic E-state index is -0.443. The Balaban J connectivity index is 1.31. The molecule has 0 saturated carbocycles. The summed E-state index contributed by atoms with van der Waals surface area (Å²) in [6.07, 6.45) is 0. The normalized spacial score (nSPS) is 13.4. The third-order valence-corrected chi connectivity index (χ3v) is 10.4. The Hall–Kier alpha value is -6.12. The lowest BCUT2D eigenvalue weighted by Crippen LogP contribution is -2.26. The summed E-state index contributed by atoms with van der Waals surface area (Å²) in [7, 11) is 0. The lowest BCUT2D eigenvalue weighted by atomic mass is 9.70. The topological polar surface area (TPSA) is 38.0 Å². The summed E-state index contributed by atoms with van der Waals surface area (Å²) in [6.45, 7) is 0. The molecule has 8 aromatic rings. The van der Waals surface area contributed by atoms with E-state index in [1.54, 1.807) is 0 Å². The summed E-state index contributed by atoms with van der Waals surface area (Å²) in [6, 6.07) is 59.6. The molecule has 8 aromatic carbocycles. The highest BCUT2D eigenvalue weighted by molar-refractivity contribution is 6.16. The van der Waals surface area contributed by atoms with Crippen molar-refractivity contribution in [1.29, 1.82) is 0 Å². The van der Waals surface area contributed by atoms with Crippen molar-refractivity contribution in [2.24, 2.45) is 0 Å². The van der Waals surface area contributed by atoms with Crippen LogP contribution in [0.15, 0.2) is 164 Å². The van der Waals surface area contributed by atoms with E-state index in [0.29, 0.717) is 0 Å². The van der Waals surface area contributed by atoms with Crippen molar-refractivity contribution in [3.63, 3.8) is 0 Å². The summed E-state index contributed by atoms with van der Waals surface area (Å²) in [5.74, 6) is 0. The minimum Gasteiger partial charge on any atom is -0.397 e. The first-order chi connectivity index (χ1) is 23.2. The fraction of sp³-hybridized carbons (Fsp3) is 0.0222. The second-order valence-electron chi connectivity index (χ2n) is 12.7. The van der Waals surface area contributed by atoms with Gasteiger partial charge in [-0.15, -0.1) is 0 Å². The van der Waals surface area contributed by atoms with Gasteiger partial charge in [-0.25, -0.2) is 0 Å². The molecule has 0 unspecified atom stereocenters. The first kappa shape index (κ1) is 26.1. The van der Waals surface area contributed by atoms with Crippen LogP contribution in [0, 0.1) is 0 Å². The Morgan fingerprint density at radius 3 is 1.79 bits per heavy atom. The number of para-hydroxylation sites is 1. The molecule has 0 amide bonds. The molecule has 0 bridgehead atoms. The lowest BCUT2D eigenvalue weighted by Gasteiger charge is -2.31. The zero-order chi connectivity index (χ0) is 31.1. The van der Waals surface area contributed by atoms with Gasteiger partial charge in [-0.1, -0.05) is 133 Å². The van der Waals surface area contributed by atoms with E-state index in [1.165, 1.54) is 71.6 Å². The van der Waals surface area contributed by atoms with Crippen molar-refractivity contribution < 1.29 is 0 Å². The van der Waals surface area contributed by atoms with Crippen LogP contribution < -0.4 is 11.1 Å². The number of nitrogen functional groups attached to an aromatic ring is 1. The molecule has 3 N–H and O–H groups in total. The van der Waals surface area contributed by atoms with E-state index in [2.05, 4.69) is 151 Å². The number of rotatable bonds is 3. The van der Waals surface area contributed by atoms with Crippen LogP contribution in [-0.2, 0) is 5.41 Å². The van der Waals surface area contributed by atoms with E-state index >= 15 is 0 Å². The Morgan fingerprint density at radius 1 is 0.426 bits per heavy atom. The lowest BCUT2D eigenvalue weighted by molar-refractivity contribution is 0.795. The molecule has 1 spiro atoms. The molecule has 47 heavy (non-hydrogen) atoms. The highest BCUT2D eigenvalue weighted by Crippen LogP contribution is 2.65. The molecule has 0 radical (unpaired) electrons. The molecular formula is C45H30N2. The predicted molar refractivity (Wildman–Crippen MR) is 197 cm³/mol. The molecule has 0 atom stereocenters. The van der Waals surface area contributed by atoms with Gasteiger partial charge in [-0.3, -0.25) is 0 Å². The predicted octanol–water partition coefficient (Wildman–Crippen LogP) is 11.3. The summed E-state index contributed by atoms with van der Waals surface area (Å²) < 4.78 is 0. The van der Waals surface area contributed by atoms with Gasteiger partial charge in [0.15, 0.2) is 0 Å². The third kappa shape index (κ3) is 3.50. The van der Waals surface area contributed by atoms with Gasteiger partial charge in [0.05, 0.1) is 16.8 Å². The van der Waals surface area contributed by atoms with E-state index in [1.807, 2.05) is 18.2 Å². The van der Waals surface area contributed by atoms with Crippen molar-refractivity contribution in [2.75, 3.05) is 11.1 Å². The molecular weight excluding hydrogens is 569 g/mol. The second kappa shape index (κ2) is 9.69. The largest absolute Gasteiger partial charge is 0.397 e. The van der Waals surface area contributed by atoms with Gasteiger partial charge in [-0.2, -0.15) is 0 Å². The van der Waals surface area contributed by atoms with Crippen LogP contribution in [0.3, 0.4) is 0 Å². The van der Waals surface area contributed by atoms with Crippen LogP contribution in [0.2, 0.25) is 0 Å². The SMILES string of the molecule is Nc1cc(-c2cc3c(c4ccccc24)-c2c(ccc4ccccc24)C32c3ccccc3-c3ccccc32)ccc1Nc1ccccc1. The Morgan fingerprint density at radius 2 is 1.04 bits per heavy atom. The van der Waals surface area contributed by atoms with E-state index < -0.39 is 5.41 Å². The average molecular weight is 599 g/mol. The molecule has 10 rings (SSSR count). The van der Waals surface area contributed by atoms with Gasteiger partial charge < -0.3 is 11.1 Å². The summed E-state index contributed by atoms with van der Waals surface area (Å²) in [5.41, 5.74) is 21.9. The van der Waals surface area contributed by atoms with Crippen molar-refractivity contribution in [3.05, 3.63) is 186 Å². The van der Waals surface area contributed by atoms with Crippen LogP contribution >= 0.6 is 0 Å². The van der Waals surface area contributed by atoms with Gasteiger partial charge in [0.1, 0.15) is 0 Å². The summed E-state index contributed by atoms with van der Waals surface area (Å²) in [4.78, 5) is 0. The van der Waals surface area contributed by atoms with Gasteiger partial charge in [-0.05, 0) is 108 Å². The van der Waals surface area contributed by atoms with Crippen LogP contribution in [0.4, 0.5) is 17.1 Å². The van der Waals surface area contributed by atoms with Crippen LogP contribution in [0.25, 0.3) is 54.9 Å². The van der Waals surface area contributed by atoms with Gasteiger partial charge in [0, 0.05) is 5.69 Å². The number of anilines is 3. The molecule has 0 fully saturated rings. The van der Waals surface area contributed by atoms with Crippen molar-refractivity contribution >= 4 is 38.6 Å². The fourth-order valence-corrected chi connectivity index (χ4v) is 8.51. The number of benzene rings is 8. The number of fused-ring (bicyclic) bond motifs is 14. The molecule has 0 aromatic heterocycles. The molecule has 2 aliphatic carbocycles. The van der Waals surface area contributed by atoms with E-state index in [0.717, 1.165) is 22.6 Å². The Labute approximate surface area is 273 Å². The average Bonchev–Trinajstić information content (AvgIpc) is 3.60. The highest BCUT2D eigenvalue weighted by atomic mass is 14.9. The monoisotopic (exact) mass is 598 g/mol. The molecule has 2 heteroatoms. The van der Waals surface area contributed by atoms with Gasteiger partial charge in [0.2, 0.25) is 0 Å². The molecule has 0 heterocycles. The molecule has 2 aliphatic rings. The van der Waals surface area contributed by atoms with Gasteiger partial charge >= 0.3 is 0 Å². The molecule has 0 aliphatic heterocycles. The van der Waals surface area contributed by atoms with Crippen LogP contribution in [0.5, 0.6) is 0 Å². The van der Waals surface area contributed by atoms with E-state index in [-0.39, 0.29) is 0 Å². The number of hydrogen-bond acceptors (Lipinski definition) is 2. The zero-order valence-electron chi connectivity index (χ0n) is 25.7. The number of nitrogens with one attached hydrogen (secondary N) is 1. The standard InChI is InChI=1S/C45H30N2/c46-41-26-29(23-25-42(41)47-30-13-2-1-3-14-30)36-27-40-44(35-19-7-6-16-32(35)36)43-31-15-5-4-12-28(31)22-24-39(43)45(40)37-20-10-8-17-33(37)34-18-9-11-21-38(34)45/h1-27,47H,46H2. The van der Waals surface area contributed by atoms with Crippen LogP contribution in [-0.4, -0.2) is 0 Å². The van der Waals surface area contributed by atoms with Crippen LogP contribution in [0.1, 0.15) is 22.3 Å². The van der Waals surface area contributed by atoms with E-state index in [4.69, 9.17) is 5.73 Å². The maximum Gasteiger partial charge on any atom is 0.0726 e. The summed E-state index contributed by atoms with van der Waals surface area (Å²) in [5, 5.41) is 8.54. The first-order valence-electron chi connectivity index (χ1n) is 16.2. The quantitative estimate of drug-likeness (QED) is 0.199. The van der Waals surface area contributed by atoms with Crippen molar-refractivity contribution in [3.8, 4) is 33.4 Å². The van der Waals surface area contributed by atoms with E-state index in [9.17, 15) is 0 Å². The maximum atomic E-state index is 6.77. The highest BCUT2D eigenvalue weighted by Gasteiger charge is 2.52. The molecule has 0 saturated heterocycles. The Kier molecular flexibility index (Phi) is 5.39. The minimum absolute atomic E-state index is 0.443. The number of nitrogens with two attached hydrogens (primary N) is 1. The maximum absolute atomic E-state index is 6.77. The molecule has 220 valence electrons. The van der Waals surface area contributed by atoms with Crippen molar-refractivity contribution in [1.82, 2.24) is 0 Å². The number of hydrogen-bond donors (Lipinski definition) is 2. The fourth-order valence-electron chi connectivity index (χ4n) is 8.51. The summed E-state index contributed by atoms with van der Waals surface area (Å²) >= 11 is 0. The first-order valence-corrected chi connectivity index (χ1v) is 16.2. The third-order valence-electron chi connectivity index (χ3n) is 10.4. The molecule has 2 nitrogen and oxygen atoms in total. The second-order valence-corrected chi connectivity index (χ2v) is 12.7. The zero-order valence-corrected chi connectivity index (χ0v) is 25.7. The smallest absolute Gasteiger partial charge is 0.0726 e. The van der Waals surface area contributed by atoms with Gasteiger partial charge in [0.25, 0.3) is 0 Å².